The Morgan fingerprint density at radius 1 is 0.739 bits per heavy atom. The second-order valence-electron chi connectivity index (χ2n) is 5.73. The van der Waals surface area contributed by atoms with Crippen molar-refractivity contribution < 1.29 is 0 Å². The van der Waals surface area contributed by atoms with Crippen LogP contribution in [0.4, 0.5) is 0 Å². The monoisotopic (exact) mass is 337 g/mol. The summed E-state index contributed by atoms with van der Waals surface area (Å²) in [5.41, 5.74) is 0.635. The number of halogens is 1. The van der Waals surface area contributed by atoms with Crippen molar-refractivity contribution in [3.8, 4) is 6.07 Å². The van der Waals surface area contributed by atoms with Crippen molar-refractivity contribution in [3.05, 3.63) is 90.5 Å². The molecule has 0 aromatic heterocycles. The van der Waals surface area contributed by atoms with Gasteiger partial charge >= 0.3 is 142 Å². The predicted octanol–water partition coefficient (Wildman–Crippen LogP) is 4.17. The van der Waals surface area contributed by atoms with Gasteiger partial charge in [-0.3, -0.25) is 0 Å². The van der Waals surface area contributed by atoms with Gasteiger partial charge in [-0.25, -0.2) is 0 Å². The van der Waals surface area contributed by atoms with Crippen molar-refractivity contribution >= 4 is 33.1 Å². The average molecular weight is 338 g/mol. The standard InChI is InChI=1S/C20H17ClNP/c1-23(21,18-11-4-2-5-12-18,19-13-6-3-7-14-19)20-15-9-8-10-17(20)16-22/h2-15H,1H3. The molecular formula is C20H17ClNP. The van der Waals surface area contributed by atoms with E-state index in [-0.39, 0.29) is 0 Å². The first-order valence-corrected chi connectivity index (χ1v) is 11.0. The third-order valence-corrected chi connectivity index (χ3v) is 10.6. The summed E-state index contributed by atoms with van der Waals surface area (Å²) in [6.45, 7) is 2.11. The fourth-order valence-corrected chi connectivity index (χ4v) is 7.90. The van der Waals surface area contributed by atoms with E-state index < -0.39 is 5.96 Å². The van der Waals surface area contributed by atoms with Crippen molar-refractivity contribution in [2.24, 2.45) is 0 Å². The Morgan fingerprint density at radius 2 is 1.17 bits per heavy atom. The summed E-state index contributed by atoms with van der Waals surface area (Å²) < 4.78 is 0. The van der Waals surface area contributed by atoms with Crippen LogP contribution in [0.15, 0.2) is 84.9 Å². The molecule has 0 bridgehead atoms. The van der Waals surface area contributed by atoms with Gasteiger partial charge in [0.2, 0.25) is 0 Å². The predicted molar refractivity (Wildman–Crippen MR) is 102 cm³/mol. The molecule has 0 saturated carbocycles. The molecule has 0 aliphatic heterocycles. The van der Waals surface area contributed by atoms with Crippen LogP contribution in [0.5, 0.6) is 0 Å². The molecule has 0 heterocycles. The van der Waals surface area contributed by atoms with Gasteiger partial charge in [-0.2, -0.15) is 0 Å². The number of nitriles is 1. The molecule has 114 valence electrons. The summed E-state index contributed by atoms with van der Waals surface area (Å²) in [6, 6.07) is 30.2. The van der Waals surface area contributed by atoms with Crippen molar-refractivity contribution in [2.45, 2.75) is 0 Å². The summed E-state index contributed by atoms with van der Waals surface area (Å²) in [7, 11) is 0. The third kappa shape index (κ3) is 2.45. The molecule has 0 N–H and O–H groups in total. The summed E-state index contributed by atoms with van der Waals surface area (Å²) in [4.78, 5) is 0. The molecule has 3 heteroatoms. The van der Waals surface area contributed by atoms with Gasteiger partial charge in [-0.05, 0) is 0 Å². The van der Waals surface area contributed by atoms with Crippen LogP contribution < -0.4 is 15.9 Å². The molecular weight excluding hydrogens is 321 g/mol. The van der Waals surface area contributed by atoms with Crippen LogP contribution in [0, 0.1) is 11.3 Å². The molecule has 0 radical (unpaired) electrons. The van der Waals surface area contributed by atoms with E-state index in [1.807, 2.05) is 60.7 Å². The Labute approximate surface area is 141 Å². The van der Waals surface area contributed by atoms with Gasteiger partial charge in [0.05, 0.1) is 0 Å². The van der Waals surface area contributed by atoms with E-state index in [0.717, 1.165) is 15.9 Å². The van der Waals surface area contributed by atoms with Crippen LogP contribution in [0.25, 0.3) is 0 Å². The zero-order valence-corrected chi connectivity index (χ0v) is 14.5. The van der Waals surface area contributed by atoms with Gasteiger partial charge < -0.3 is 0 Å². The van der Waals surface area contributed by atoms with E-state index in [1.165, 1.54) is 0 Å². The van der Waals surface area contributed by atoms with Gasteiger partial charge in [0.1, 0.15) is 0 Å². The van der Waals surface area contributed by atoms with Crippen molar-refractivity contribution in [2.75, 3.05) is 6.66 Å². The number of benzene rings is 3. The van der Waals surface area contributed by atoms with Crippen molar-refractivity contribution in [1.82, 2.24) is 0 Å². The average Bonchev–Trinajstić information content (AvgIpc) is 2.63. The Kier molecular flexibility index (Phi) is 3.99. The van der Waals surface area contributed by atoms with Crippen molar-refractivity contribution in [1.29, 1.82) is 5.26 Å². The Bertz CT molecular complexity index is 823. The van der Waals surface area contributed by atoms with E-state index in [1.54, 1.807) is 0 Å². The molecule has 23 heavy (non-hydrogen) atoms. The van der Waals surface area contributed by atoms with E-state index in [0.29, 0.717) is 5.56 Å². The summed E-state index contributed by atoms with van der Waals surface area (Å²) in [5.74, 6) is -3.20. The molecule has 0 aliphatic rings. The Hall–Kier alpha value is -2.13. The van der Waals surface area contributed by atoms with Crippen LogP contribution in [0.1, 0.15) is 5.56 Å². The molecule has 0 fully saturated rings. The van der Waals surface area contributed by atoms with Crippen LogP contribution in [0.3, 0.4) is 0 Å². The van der Waals surface area contributed by atoms with Crippen molar-refractivity contribution in [3.63, 3.8) is 0 Å². The fraction of sp³-hybridized carbons (Fsp3) is 0.0500. The molecule has 0 aliphatic carbocycles. The minimum absolute atomic E-state index is 0.635. The maximum atomic E-state index is 9.60. The van der Waals surface area contributed by atoms with E-state index in [2.05, 4.69) is 37.0 Å². The summed E-state index contributed by atoms with van der Waals surface area (Å²) >= 11 is 7.53. The van der Waals surface area contributed by atoms with Gasteiger partial charge in [0.25, 0.3) is 0 Å². The minimum atomic E-state index is -3.20. The van der Waals surface area contributed by atoms with Gasteiger partial charge in [-0.15, -0.1) is 0 Å². The van der Waals surface area contributed by atoms with Gasteiger partial charge in [0.15, 0.2) is 0 Å². The number of hydrogen-bond donors (Lipinski definition) is 0. The molecule has 0 saturated heterocycles. The molecule has 0 spiro atoms. The third-order valence-electron chi connectivity index (χ3n) is 4.34. The fourth-order valence-electron chi connectivity index (χ4n) is 3.02. The number of nitrogens with zero attached hydrogens (tertiary/aromatic N) is 1. The number of rotatable bonds is 3. The molecule has 3 rings (SSSR count). The van der Waals surface area contributed by atoms with Crippen LogP contribution in [0.2, 0.25) is 0 Å². The quantitative estimate of drug-likeness (QED) is 0.658. The van der Waals surface area contributed by atoms with Gasteiger partial charge in [-0.1, -0.05) is 0 Å². The first-order valence-electron chi connectivity index (χ1n) is 7.41. The second kappa shape index (κ2) is 5.82. The van der Waals surface area contributed by atoms with E-state index in [4.69, 9.17) is 11.2 Å². The molecule has 1 nitrogen and oxygen atoms in total. The SMILES string of the molecule is CP(Cl)(c1ccccc1)(c1ccccc1)c1ccccc1C#N. The molecule has 0 amide bonds. The zero-order chi connectivity index (χ0) is 16.4. The summed E-state index contributed by atoms with van der Waals surface area (Å²) in [5, 5.41) is 12.6. The first kappa shape index (κ1) is 15.8. The Balaban J connectivity index is 2.44. The van der Waals surface area contributed by atoms with Crippen LogP contribution >= 0.6 is 17.2 Å². The van der Waals surface area contributed by atoms with Crippen LogP contribution in [-0.4, -0.2) is 6.66 Å². The molecule has 0 unspecified atom stereocenters. The zero-order valence-electron chi connectivity index (χ0n) is 12.9. The Morgan fingerprint density at radius 3 is 1.65 bits per heavy atom. The molecule has 0 atom stereocenters. The van der Waals surface area contributed by atoms with Crippen LogP contribution in [-0.2, 0) is 0 Å². The number of hydrogen-bond acceptors (Lipinski definition) is 1. The van der Waals surface area contributed by atoms with Gasteiger partial charge in [0, 0.05) is 0 Å². The summed E-state index contributed by atoms with van der Waals surface area (Å²) in [6.07, 6.45) is 0. The second-order valence-corrected chi connectivity index (χ2v) is 12.6. The molecule has 3 aromatic carbocycles. The topological polar surface area (TPSA) is 23.8 Å². The normalized spacial score (nSPS) is 12.8. The maximum absolute atomic E-state index is 9.60. The van der Waals surface area contributed by atoms with E-state index in [9.17, 15) is 5.26 Å². The molecule has 3 aromatic rings. The first-order chi connectivity index (χ1) is 11.1. The van der Waals surface area contributed by atoms with E-state index >= 15 is 0 Å².